The van der Waals surface area contributed by atoms with Gasteiger partial charge in [0, 0.05) is 13.0 Å². The van der Waals surface area contributed by atoms with E-state index >= 15 is 0 Å². The summed E-state index contributed by atoms with van der Waals surface area (Å²) in [5.74, 6) is -1.57. The van der Waals surface area contributed by atoms with Crippen LogP contribution in [0.25, 0.3) is 0 Å². The molecule has 0 aliphatic rings. The Morgan fingerprint density at radius 3 is 2.75 bits per heavy atom. The van der Waals surface area contributed by atoms with Crippen molar-refractivity contribution < 1.29 is 28.6 Å². The fourth-order valence-corrected chi connectivity index (χ4v) is 1.30. The second kappa shape index (κ2) is 7.95. The van der Waals surface area contributed by atoms with Gasteiger partial charge < -0.3 is 24.9 Å². The fourth-order valence-electron chi connectivity index (χ4n) is 1.30. The normalized spacial score (nSPS) is 11.5. The van der Waals surface area contributed by atoms with E-state index in [1.165, 1.54) is 18.6 Å². The third kappa shape index (κ3) is 5.11. The zero-order valence-electron chi connectivity index (χ0n) is 10.9. The summed E-state index contributed by atoms with van der Waals surface area (Å²) < 4.78 is 9.04. The molecule has 1 rings (SSSR count). The van der Waals surface area contributed by atoms with Gasteiger partial charge in [0.2, 0.25) is 5.91 Å². The first-order valence-corrected chi connectivity index (χ1v) is 5.87. The molecule has 1 atom stereocenters. The van der Waals surface area contributed by atoms with Gasteiger partial charge in [0.1, 0.15) is 6.26 Å². The predicted molar refractivity (Wildman–Crippen MR) is 66.7 cm³/mol. The second-order valence-electron chi connectivity index (χ2n) is 3.86. The van der Waals surface area contributed by atoms with Crippen molar-refractivity contribution in [1.82, 2.24) is 10.6 Å². The van der Waals surface area contributed by atoms with E-state index in [1.54, 1.807) is 0 Å². The van der Waals surface area contributed by atoms with Crippen LogP contribution in [0.4, 0.5) is 0 Å². The van der Waals surface area contributed by atoms with E-state index in [0.717, 1.165) is 7.11 Å². The molecule has 0 aliphatic heterocycles. The Bertz CT molecular complexity index is 457. The van der Waals surface area contributed by atoms with Crippen LogP contribution in [0.1, 0.15) is 16.8 Å². The lowest BCUT2D eigenvalue weighted by Gasteiger charge is -2.09. The maximum atomic E-state index is 11.5. The van der Waals surface area contributed by atoms with Gasteiger partial charge in [-0.2, -0.15) is 0 Å². The van der Waals surface area contributed by atoms with Gasteiger partial charge in [0.25, 0.3) is 5.91 Å². The number of hydrogen-bond donors (Lipinski definition) is 3. The summed E-state index contributed by atoms with van der Waals surface area (Å²) in [7, 11) is 1.14. The van der Waals surface area contributed by atoms with Crippen LogP contribution in [0.3, 0.4) is 0 Å². The summed E-state index contributed by atoms with van der Waals surface area (Å²) in [5, 5.41) is 14.1. The van der Waals surface area contributed by atoms with Crippen molar-refractivity contribution in [3.8, 4) is 0 Å². The number of rotatable bonds is 7. The number of methoxy groups -OCH3 is 1. The highest BCUT2D eigenvalue weighted by Gasteiger charge is 2.16. The summed E-state index contributed by atoms with van der Waals surface area (Å²) in [6, 6.07) is 1.50. The number of furan rings is 1. The molecule has 0 saturated heterocycles. The number of nitrogens with one attached hydrogen (secondary N) is 2. The molecule has 0 fully saturated rings. The minimum absolute atomic E-state index is 0.0253. The Labute approximate surface area is 115 Å². The van der Waals surface area contributed by atoms with E-state index in [-0.39, 0.29) is 25.4 Å². The molecule has 3 N–H and O–H groups in total. The van der Waals surface area contributed by atoms with Crippen molar-refractivity contribution in [2.24, 2.45) is 0 Å². The molecule has 1 heterocycles. The van der Waals surface area contributed by atoms with E-state index in [4.69, 9.17) is 4.42 Å². The minimum atomic E-state index is -1.40. The fraction of sp³-hybridized carbons (Fsp3) is 0.417. The summed E-state index contributed by atoms with van der Waals surface area (Å²) in [6.07, 6.45) is 1.29. The zero-order chi connectivity index (χ0) is 15.0. The van der Waals surface area contributed by atoms with Crippen molar-refractivity contribution in [2.75, 3.05) is 20.2 Å². The van der Waals surface area contributed by atoms with Gasteiger partial charge in [-0.25, -0.2) is 4.79 Å². The van der Waals surface area contributed by atoms with Crippen LogP contribution in [0.5, 0.6) is 0 Å². The number of aliphatic hydroxyl groups is 1. The van der Waals surface area contributed by atoms with E-state index < -0.39 is 18.0 Å². The molecule has 0 aromatic carbocycles. The molecule has 0 aliphatic carbocycles. The number of hydrogen-bond acceptors (Lipinski definition) is 6. The van der Waals surface area contributed by atoms with Gasteiger partial charge in [-0.05, 0) is 6.07 Å². The summed E-state index contributed by atoms with van der Waals surface area (Å²) in [6.45, 7) is -0.106. The molecule has 8 heteroatoms. The van der Waals surface area contributed by atoms with E-state index in [9.17, 15) is 19.5 Å². The average Bonchev–Trinajstić information content (AvgIpc) is 2.97. The molecule has 1 aromatic heterocycles. The van der Waals surface area contributed by atoms with Crippen LogP contribution in [0.2, 0.25) is 0 Å². The Hall–Kier alpha value is -2.35. The van der Waals surface area contributed by atoms with Crippen molar-refractivity contribution in [3.05, 3.63) is 24.2 Å². The minimum Gasteiger partial charge on any atom is -0.472 e. The standard InChI is InChI=1S/C12H16N2O6/c1-19-12(18)9(15)6-14-10(16)2-4-13-11(17)8-3-5-20-7-8/h3,5,7,9,15H,2,4,6H2,1H3,(H,13,17)(H,14,16). The van der Waals surface area contributed by atoms with E-state index in [0.29, 0.717) is 5.56 Å². The van der Waals surface area contributed by atoms with Gasteiger partial charge in [-0.3, -0.25) is 9.59 Å². The number of carbonyl (C=O) groups excluding carboxylic acids is 3. The van der Waals surface area contributed by atoms with Gasteiger partial charge >= 0.3 is 5.97 Å². The molecule has 20 heavy (non-hydrogen) atoms. The Balaban J connectivity index is 2.17. The van der Waals surface area contributed by atoms with Crippen molar-refractivity contribution in [3.63, 3.8) is 0 Å². The number of amides is 2. The molecule has 0 saturated carbocycles. The highest BCUT2D eigenvalue weighted by Crippen LogP contribution is 1.98. The van der Waals surface area contributed by atoms with Crippen LogP contribution < -0.4 is 10.6 Å². The third-order valence-electron chi connectivity index (χ3n) is 2.39. The van der Waals surface area contributed by atoms with Crippen molar-refractivity contribution in [1.29, 1.82) is 0 Å². The SMILES string of the molecule is COC(=O)C(O)CNC(=O)CCNC(=O)c1ccoc1. The lowest BCUT2D eigenvalue weighted by atomic mass is 10.3. The largest absolute Gasteiger partial charge is 0.472 e. The van der Waals surface area contributed by atoms with E-state index in [1.807, 2.05) is 0 Å². The van der Waals surface area contributed by atoms with Crippen LogP contribution in [-0.2, 0) is 14.3 Å². The topological polar surface area (TPSA) is 118 Å². The lowest BCUT2D eigenvalue weighted by Crippen LogP contribution is -2.38. The number of esters is 1. The Morgan fingerprint density at radius 1 is 1.40 bits per heavy atom. The molecule has 0 bridgehead atoms. The van der Waals surface area contributed by atoms with Gasteiger partial charge in [0.15, 0.2) is 6.10 Å². The Morgan fingerprint density at radius 2 is 2.15 bits per heavy atom. The maximum absolute atomic E-state index is 11.5. The molecule has 8 nitrogen and oxygen atoms in total. The average molecular weight is 284 g/mol. The van der Waals surface area contributed by atoms with Crippen molar-refractivity contribution >= 4 is 17.8 Å². The smallest absolute Gasteiger partial charge is 0.336 e. The monoisotopic (exact) mass is 284 g/mol. The summed E-state index contributed by atoms with van der Waals surface area (Å²) in [5.41, 5.74) is 0.367. The molecule has 1 aromatic rings. The van der Waals surface area contributed by atoms with Crippen LogP contribution in [0, 0.1) is 0 Å². The number of carbonyl (C=O) groups is 3. The van der Waals surface area contributed by atoms with Crippen LogP contribution >= 0.6 is 0 Å². The van der Waals surface area contributed by atoms with Gasteiger partial charge in [-0.1, -0.05) is 0 Å². The van der Waals surface area contributed by atoms with E-state index in [2.05, 4.69) is 15.4 Å². The number of ether oxygens (including phenoxy) is 1. The van der Waals surface area contributed by atoms with Crippen LogP contribution in [-0.4, -0.2) is 49.2 Å². The zero-order valence-corrected chi connectivity index (χ0v) is 10.9. The third-order valence-corrected chi connectivity index (χ3v) is 2.39. The van der Waals surface area contributed by atoms with Crippen molar-refractivity contribution in [2.45, 2.75) is 12.5 Å². The molecule has 0 spiro atoms. The highest BCUT2D eigenvalue weighted by molar-refractivity contribution is 5.94. The predicted octanol–water partition coefficient (Wildman–Crippen LogP) is -0.950. The van der Waals surface area contributed by atoms with Crippen LogP contribution in [0.15, 0.2) is 23.0 Å². The lowest BCUT2D eigenvalue weighted by molar-refractivity contribution is -0.150. The molecule has 0 radical (unpaired) electrons. The number of aliphatic hydroxyl groups excluding tert-OH is 1. The maximum Gasteiger partial charge on any atom is 0.336 e. The summed E-state index contributed by atoms with van der Waals surface area (Å²) in [4.78, 5) is 33.7. The molecular weight excluding hydrogens is 268 g/mol. The van der Waals surface area contributed by atoms with Gasteiger partial charge in [0.05, 0.1) is 25.5 Å². The molecular formula is C12H16N2O6. The first-order chi connectivity index (χ1) is 9.54. The Kier molecular flexibility index (Phi) is 6.24. The van der Waals surface area contributed by atoms with Gasteiger partial charge in [-0.15, -0.1) is 0 Å². The highest BCUT2D eigenvalue weighted by atomic mass is 16.5. The molecule has 110 valence electrons. The molecule has 2 amide bonds. The second-order valence-corrected chi connectivity index (χ2v) is 3.86. The molecule has 1 unspecified atom stereocenters. The summed E-state index contributed by atoms with van der Waals surface area (Å²) >= 11 is 0. The first-order valence-electron chi connectivity index (χ1n) is 5.87. The first kappa shape index (κ1) is 15.7. The quantitative estimate of drug-likeness (QED) is 0.556.